The molecule has 131 heavy (non-hydrogen) atoms. The van der Waals surface area contributed by atoms with Gasteiger partial charge in [-0.2, -0.15) is 6.26 Å². The van der Waals surface area contributed by atoms with Crippen LogP contribution in [0.25, 0.3) is 86.7 Å². The Balaban J connectivity index is 0.000000139. The number of aliphatic hydroxyl groups excluding tert-OH is 4. The third-order valence-electron chi connectivity index (χ3n) is 25.4. The van der Waals surface area contributed by atoms with E-state index in [-0.39, 0.29) is 93.4 Å². The molecule has 8 aromatic heterocycles. The summed E-state index contributed by atoms with van der Waals surface area (Å²) >= 11 is 11.6. The van der Waals surface area contributed by atoms with Gasteiger partial charge in [0.25, 0.3) is 22.2 Å². The number of sulfone groups is 2. The van der Waals surface area contributed by atoms with Crippen LogP contribution in [0.4, 0.5) is 0 Å². The van der Waals surface area contributed by atoms with Crippen LogP contribution in [0.15, 0.2) is 254 Å². The van der Waals surface area contributed by atoms with Crippen molar-refractivity contribution >= 4 is 142 Å². The first-order chi connectivity index (χ1) is 62.4. The minimum atomic E-state index is -3.37. The zero-order valence-corrected chi connectivity index (χ0v) is 79.0. The molecule has 20 rings (SSSR count). The monoisotopic (exact) mass is 1860 g/mol. The fourth-order valence-electron chi connectivity index (χ4n) is 18.9. The van der Waals surface area contributed by atoms with Gasteiger partial charge in [0.15, 0.2) is 29.7 Å². The Labute approximate surface area is 796 Å². The van der Waals surface area contributed by atoms with Crippen molar-refractivity contribution in [1.82, 2.24) is 58.1 Å². The molecule has 8 aromatic carbocycles. The maximum absolute atomic E-state index is 13.5. The fraction of sp³-hybridized carbons (Fsp3) is 0.327. The number of halogens is 1. The van der Waals surface area contributed by atoms with Crippen LogP contribution in [0.1, 0.15) is 179 Å². The summed E-state index contributed by atoms with van der Waals surface area (Å²) in [6.07, 6.45) is 33.2. The Morgan fingerprint density at radius 2 is 0.588 bits per heavy atom. The first-order valence-electron chi connectivity index (χ1n) is 43.6. The zero-order valence-electron chi connectivity index (χ0n) is 73.0. The van der Waals surface area contributed by atoms with E-state index in [2.05, 4.69) is 70.7 Å². The summed E-state index contributed by atoms with van der Waals surface area (Å²) in [5.41, 5.74) is 10.1. The Morgan fingerprint density at radius 3 is 0.809 bits per heavy atom. The van der Waals surface area contributed by atoms with Crippen molar-refractivity contribution in [2.45, 2.75) is 200 Å². The van der Waals surface area contributed by atoms with Gasteiger partial charge in [0.1, 0.15) is 5.15 Å². The number of thioether (sulfide) groups is 1. The molecule has 4 aliphatic rings. The second kappa shape index (κ2) is 42.7. The van der Waals surface area contributed by atoms with Crippen LogP contribution in [0.3, 0.4) is 0 Å². The number of hydrogen-bond acceptors (Lipinski definition) is 22. The maximum atomic E-state index is 13.5. The zero-order chi connectivity index (χ0) is 90.4. The van der Waals surface area contributed by atoms with Crippen LogP contribution in [0.5, 0.6) is 0 Å². The molecule has 0 bridgehead atoms. The summed E-state index contributed by atoms with van der Waals surface area (Å²) < 4.78 is 53.4. The SMILES string of the molecule is C.CS(=O)(=O)c1ccc(Cc2cc3c(=O)n([C@H]4CCCC[C@@H]4O)cnc3c3ccccc23)cn1.CS(=O)(=O)c1ccc(Cc2cc3c(=O)n([C@H]4CCCC[C@@H]4O)cnc3c3ccccc23)cn1.CSc1ccc(Cc2cc3c(=O)n([C@H]4CCCC[C@@H]4O)cnc3c3ccccc23)cn1.C[S-].O=c1c2cc(Cc3ccc(Cl)nc3)c3ccccc3c2ncn1[C@H]1CCCC[C@@H]1O.[Na+]. The molecule has 8 heterocycles. The molecule has 8 atom stereocenters. The summed E-state index contributed by atoms with van der Waals surface area (Å²) in [6, 6.07) is 53.0. The third kappa shape index (κ3) is 21.2. The van der Waals surface area contributed by atoms with Crippen molar-refractivity contribution in [3.8, 4) is 0 Å². The fourth-order valence-corrected chi connectivity index (χ4v) is 20.5. The molecule has 0 spiro atoms. The van der Waals surface area contributed by atoms with Crippen LogP contribution >= 0.6 is 23.4 Å². The van der Waals surface area contributed by atoms with Gasteiger partial charge in [0.05, 0.1) is 123 Å². The minimum Gasteiger partial charge on any atom is -0.796 e. The van der Waals surface area contributed by atoms with E-state index in [1.807, 2.05) is 134 Å². The molecule has 0 amide bonds. The number of aliphatic hydroxyl groups is 4. The molecule has 0 aliphatic heterocycles. The Morgan fingerprint density at radius 1 is 0.344 bits per heavy atom. The van der Waals surface area contributed by atoms with Gasteiger partial charge in [-0.05, 0) is 198 Å². The number of fused-ring (bicyclic) bond motifs is 12. The summed E-state index contributed by atoms with van der Waals surface area (Å²) in [5.74, 6) is 0. The first kappa shape index (κ1) is 96.7. The van der Waals surface area contributed by atoms with Gasteiger partial charge in [-0.1, -0.05) is 192 Å². The normalized spacial score (nSPS) is 18.7. The quantitative estimate of drug-likeness (QED) is 0.0243. The van der Waals surface area contributed by atoms with Crippen molar-refractivity contribution in [3.05, 3.63) is 311 Å². The van der Waals surface area contributed by atoms with Crippen LogP contribution in [-0.4, -0.2) is 145 Å². The molecule has 672 valence electrons. The van der Waals surface area contributed by atoms with Crippen molar-refractivity contribution in [1.29, 1.82) is 0 Å². The van der Waals surface area contributed by atoms with E-state index in [1.165, 1.54) is 12.1 Å². The molecular formula is C101H104ClN12NaO12S4. The number of aromatic nitrogens is 12. The number of benzene rings is 8. The van der Waals surface area contributed by atoms with Crippen molar-refractivity contribution in [2.24, 2.45) is 0 Å². The average Bonchev–Trinajstić information content (AvgIpc) is 0.763. The second-order valence-electron chi connectivity index (χ2n) is 33.9. The van der Waals surface area contributed by atoms with Gasteiger partial charge < -0.3 is 33.1 Å². The van der Waals surface area contributed by atoms with E-state index in [1.54, 1.807) is 98.4 Å². The van der Waals surface area contributed by atoms with Crippen molar-refractivity contribution in [2.75, 3.05) is 25.0 Å². The first-order valence-corrected chi connectivity index (χ1v) is 49.8. The molecule has 16 aromatic rings. The van der Waals surface area contributed by atoms with Crippen molar-refractivity contribution < 1.29 is 66.8 Å². The number of pyridine rings is 4. The molecule has 4 saturated carbocycles. The molecule has 4 fully saturated rings. The molecule has 4 N–H and O–H groups in total. The van der Waals surface area contributed by atoms with E-state index in [0.29, 0.717) is 81.8 Å². The van der Waals surface area contributed by atoms with Crippen LogP contribution in [-0.2, 0) is 58.0 Å². The third-order valence-corrected chi connectivity index (χ3v) is 28.3. The molecule has 0 saturated heterocycles. The van der Waals surface area contributed by atoms with E-state index in [9.17, 15) is 56.4 Å². The Hall–Kier alpha value is -10.3. The molecule has 24 nitrogen and oxygen atoms in total. The van der Waals surface area contributed by atoms with Crippen LogP contribution < -0.4 is 51.8 Å². The van der Waals surface area contributed by atoms with Crippen LogP contribution in [0.2, 0.25) is 5.15 Å². The summed E-state index contributed by atoms with van der Waals surface area (Å²) in [7, 11) is -6.73. The smallest absolute Gasteiger partial charge is 0.796 e. The van der Waals surface area contributed by atoms with Gasteiger partial charge in [0.2, 0.25) is 0 Å². The topological polar surface area (TPSA) is 340 Å². The summed E-state index contributed by atoms with van der Waals surface area (Å²) in [6.45, 7) is 0. The average molecular weight is 1860 g/mol. The Kier molecular flexibility index (Phi) is 31.5. The van der Waals surface area contributed by atoms with Gasteiger partial charge in [-0.25, -0.2) is 56.7 Å². The maximum Gasteiger partial charge on any atom is 1.00 e. The molecule has 4 aliphatic carbocycles. The summed E-state index contributed by atoms with van der Waals surface area (Å²) in [5, 5.41) is 53.5. The number of rotatable bonds is 15. The molecular weight excluding hydrogens is 1760 g/mol. The van der Waals surface area contributed by atoms with E-state index in [4.69, 9.17) is 11.6 Å². The number of hydrogen-bond donors (Lipinski definition) is 4. The second-order valence-corrected chi connectivity index (χ2v) is 39.0. The Bertz CT molecular complexity index is 7130. The van der Waals surface area contributed by atoms with Gasteiger partial charge >= 0.3 is 29.6 Å². The largest absolute Gasteiger partial charge is 1.00 e. The molecule has 30 heteroatoms. The van der Waals surface area contributed by atoms with Crippen LogP contribution in [0, 0.1) is 0 Å². The standard InChI is InChI=1S/2C25H25N3O4S.C25H25N3O2S.C24H22ClN3O2.CH4S.CH4.Na/c2*1-33(31,32)23-11-10-16(14-26-23)12-17-13-20-24(19-7-3-2-6-18(17)19)27-15-28(25(20)30)21-8-4-5-9-22(21)29;1-31-23-11-10-16(14-26-23)12-17-13-20-24(19-7-3-2-6-18(17)19)27-15-28(25(20)30)21-8-4-5-9-22(21)29;25-22-10-9-15(13-26-22)11-16-12-19-23(18-6-2-1-5-17(16)18)27-14-28(24(19)30)20-7-3-4-8-21(20)29;1-2;;/h2*2-3,6-7,10-11,13-15,21-22,29H,4-5,8-9,12H2,1H3;2-3,6-7,10-11,13-15,21-22,29H,4-5,8-9,12H2,1H3;1-2,5-6,9-10,12-14,20-21,29H,3-4,7-8,11H2;2H,1H3;1H4;/q;;;;;;+1/p-1/t3*21-,22-;20-,21-;;;/m0000.../s1. The summed E-state index contributed by atoms with van der Waals surface area (Å²) in [4.78, 5) is 89.5. The molecule has 0 unspecified atom stereocenters. The predicted molar refractivity (Wildman–Crippen MR) is 519 cm³/mol. The minimum absolute atomic E-state index is 0. The van der Waals surface area contributed by atoms with E-state index < -0.39 is 44.1 Å². The predicted octanol–water partition coefficient (Wildman–Crippen LogP) is 14.0. The van der Waals surface area contributed by atoms with Gasteiger partial charge in [-0.3, -0.25) is 37.4 Å². The van der Waals surface area contributed by atoms with E-state index in [0.717, 1.165) is 201 Å². The van der Waals surface area contributed by atoms with E-state index >= 15 is 0 Å². The molecule has 0 radical (unpaired) electrons. The number of nitrogens with zero attached hydrogens (tertiary/aromatic N) is 12. The van der Waals surface area contributed by atoms with Gasteiger partial charge in [0, 0.05) is 58.8 Å². The van der Waals surface area contributed by atoms with Crippen molar-refractivity contribution in [3.63, 3.8) is 0 Å². The van der Waals surface area contributed by atoms with Gasteiger partial charge in [-0.15, -0.1) is 11.8 Å².